The van der Waals surface area contributed by atoms with E-state index in [1.54, 1.807) is 7.11 Å². The Balaban J connectivity index is 0.00000220. The normalized spacial score (nSPS) is 17.1. The van der Waals surface area contributed by atoms with Crippen molar-refractivity contribution < 1.29 is 9.13 Å². The van der Waals surface area contributed by atoms with Crippen LogP contribution in [0, 0.1) is 13.8 Å². The third-order valence-corrected chi connectivity index (χ3v) is 4.05. The molecule has 0 spiro atoms. The molecule has 1 saturated heterocycles. The molecular formula is C16H26ClFN2O. The van der Waals surface area contributed by atoms with Crippen molar-refractivity contribution in [1.29, 1.82) is 0 Å². The Morgan fingerprint density at radius 1 is 1.24 bits per heavy atom. The van der Waals surface area contributed by atoms with Gasteiger partial charge in [0.25, 0.3) is 0 Å². The Morgan fingerprint density at radius 2 is 1.81 bits per heavy atom. The minimum Gasteiger partial charge on any atom is -0.496 e. The topological polar surface area (TPSA) is 24.5 Å². The average Bonchev–Trinajstić information content (AvgIpc) is 2.45. The molecule has 0 saturated carbocycles. The molecule has 0 aromatic heterocycles. The fourth-order valence-electron chi connectivity index (χ4n) is 3.16. The second kappa shape index (κ2) is 8.57. The van der Waals surface area contributed by atoms with Crippen LogP contribution in [0.5, 0.6) is 5.75 Å². The molecule has 1 aromatic rings. The van der Waals surface area contributed by atoms with Crippen LogP contribution in [0.15, 0.2) is 12.1 Å². The molecule has 3 nitrogen and oxygen atoms in total. The Bertz CT molecular complexity index is 427. The molecule has 1 atom stereocenters. The summed E-state index contributed by atoms with van der Waals surface area (Å²) in [5.74, 6) is 0.938. The van der Waals surface area contributed by atoms with Gasteiger partial charge < -0.3 is 10.1 Å². The van der Waals surface area contributed by atoms with E-state index in [4.69, 9.17) is 4.74 Å². The molecule has 1 heterocycles. The molecule has 5 heteroatoms. The van der Waals surface area contributed by atoms with Crippen LogP contribution in [0.4, 0.5) is 4.39 Å². The van der Waals surface area contributed by atoms with Crippen LogP contribution in [0.25, 0.3) is 0 Å². The summed E-state index contributed by atoms with van der Waals surface area (Å²) in [6.45, 7) is 7.76. The van der Waals surface area contributed by atoms with Crippen molar-refractivity contribution in [3.05, 3.63) is 28.8 Å². The highest BCUT2D eigenvalue weighted by atomic mass is 35.5. The maximum atomic E-state index is 13.0. The van der Waals surface area contributed by atoms with Crippen LogP contribution in [-0.2, 0) is 0 Å². The number of benzene rings is 1. The predicted octanol–water partition coefficient (Wildman–Crippen LogP) is 3.04. The van der Waals surface area contributed by atoms with E-state index in [9.17, 15) is 4.39 Å². The second-order valence-corrected chi connectivity index (χ2v) is 5.47. The van der Waals surface area contributed by atoms with Crippen molar-refractivity contribution in [1.82, 2.24) is 10.2 Å². The van der Waals surface area contributed by atoms with E-state index >= 15 is 0 Å². The van der Waals surface area contributed by atoms with E-state index in [2.05, 4.69) is 36.2 Å². The maximum Gasteiger partial charge on any atom is 0.124 e. The first-order chi connectivity index (χ1) is 9.67. The Hall–Kier alpha value is -0.840. The lowest BCUT2D eigenvalue weighted by Gasteiger charge is -2.35. The number of rotatable bonds is 5. The van der Waals surface area contributed by atoms with Crippen LogP contribution >= 0.6 is 12.4 Å². The van der Waals surface area contributed by atoms with Crippen molar-refractivity contribution in [2.75, 3.05) is 40.0 Å². The van der Waals surface area contributed by atoms with Crippen LogP contribution < -0.4 is 10.1 Å². The summed E-state index contributed by atoms with van der Waals surface area (Å²) in [6, 6.07) is 4.47. The summed E-state index contributed by atoms with van der Waals surface area (Å²) < 4.78 is 18.4. The van der Waals surface area contributed by atoms with Gasteiger partial charge in [0.15, 0.2) is 0 Å². The van der Waals surface area contributed by atoms with Gasteiger partial charge in [-0.1, -0.05) is 12.1 Å². The third-order valence-electron chi connectivity index (χ3n) is 4.05. The molecule has 120 valence electrons. The number of hydrogen-bond acceptors (Lipinski definition) is 3. The Kier molecular flexibility index (Phi) is 7.43. The highest BCUT2D eigenvalue weighted by Gasteiger charge is 2.23. The summed E-state index contributed by atoms with van der Waals surface area (Å²) in [5.41, 5.74) is 3.46. The molecule has 1 aromatic carbocycles. The molecule has 1 aliphatic rings. The monoisotopic (exact) mass is 316 g/mol. The smallest absolute Gasteiger partial charge is 0.124 e. The van der Waals surface area contributed by atoms with Gasteiger partial charge in [-0.15, -0.1) is 12.4 Å². The van der Waals surface area contributed by atoms with Crippen molar-refractivity contribution in [3.8, 4) is 5.75 Å². The van der Waals surface area contributed by atoms with E-state index in [0.717, 1.165) is 43.1 Å². The van der Waals surface area contributed by atoms with Gasteiger partial charge in [0.05, 0.1) is 13.8 Å². The molecule has 1 fully saturated rings. The largest absolute Gasteiger partial charge is 0.496 e. The lowest BCUT2D eigenvalue weighted by molar-refractivity contribution is 0.157. The fraction of sp³-hybridized carbons (Fsp3) is 0.625. The number of aryl methyl sites for hydroxylation is 2. The first kappa shape index (κ1) is 18.2. The first-order valence-electron chi connectivity index (χ1n) is 7.33. The van der Waals surface area contributed by atoms with Crippen molar-refractivity contribution >= 4 is 12.4 Å². The van der Waals surface area contributed by atoms with Gasteiger partial charge in [-0.2, -0.15) is 0 Å². The van der Waals surface area contributed by atoms with Crippen molar-refractivity contribution in [3.63, 3.8) is 0 Å². The van der Waals surface area contributed by atoms with Crippen LogP contribution in [0.3, 0.4) is 0 Å². The summed E-state index contributed by atoms with van der Waals surface area (Å²) >= 11 is 0. The zero-order chi connectivity index (χ0) is 14.5. The summed E-state index contributed by atoms with van der Waals surface area (Å²) in [6.07, 6.45) is 0.561. The number of ether oxygens (including phenoxy) is 1. The number of nitrogens with one attached hydrogen (secondary N) is 1. The second-order valence-electron chi connectivity index (χ2n) is 5.47. The zero-order valence-corrected chi connectivity index (χ0v) is 13.9. The van der Waals surface area contributed by atoms with E-state index < -0.39 is 0 Å². The summed E-state index contributed by atoms with van der Waals surface area (Å²) in [5, 5.41) is 3.35. The van der Waals surface area contributed by atoms with Gasteiger partial charge in [-0.05, 0) is 37.0 Å². The van der Waals surface area contributed by atoms with Gasteiger partial charge >= 0.3 is 0 Å². The summed E-state index contributed by atoms with van der Waals surface area (Å²) in [7, 11) is 1.70. The lowest BCUT2D eigenvalue weighted by atomic mass is 9.97. The predicted molar refractivity (Wildman–Crippen MR) is 87.5 cm³/mol. The van der Waals surface area contributed by atoms with E-state index in [-0.39, 0.29) is 25.1 Å². The quantitative estimate of drug-likeness (QED) is 0.903. The van der Waals surface area contributed by atoms with E-state index in [1.807, 2.05) is 0 Å². The van der Waals surface area contributed by atoms with Crippen molar-refractivity contribution in [2.45, 2.75) is 26.3 Å². The van der Waals surface area contributed by atoms with Gasteiger partial charge in [0, 0.05) is 32.2 Å². The molecule has 0 radical (unpaired) electrons. The Labute approximate surface area is 133 Å². The number of nitrogens with zero attached hydrogens (tertiary/aromatic N) is 1. The van der Waals surface area contributed by atoms with Gasteiger partial charge in [-0.3, -0.25) is 9.29 Å². The minimum absolute atomic E-state index is 0. The van der Waals surface area contributed by atoms with E-state index in [1.165, 1.54) is 5.56 Å². The highest BCUT2D eigenvalue weighted by molar-refractivity contribution is 5.85. The SMILES string of the molecule is COc1c(C)cc([C@H](CCF)N2CCNCC2)cc1C.Cl. The number of hydrogen-bond donors (Lipinski definition) is 1. The molecule has 0 bridgehead atoms. The number of methoxy groups -OCH3 is 1. The van der Waals surface area contributed by atoms with E-state index in [0.29, 0.717) is 6.42 Å². The Morgan fingerprint density at radius 3 is 2.29 bits per heavy atom. The van der Waals surface area contributed by atoms with Gasteiger partial charge in [0.2, 0.25) is 0 Å². The standard InChI is InChI=1S/C16H25FN2O.ClH/c1-12-10-14(11-13(2)16(12)20-3)15(4-5-17)19-8-6-18-7-9-19;/h10-11,15,18H,4-9H2,1-3H3;1H/t15-;/m0./s1. The molecule has 1 N–H and O–H groups in total. The van der Waals surface area contributed by atoms with Crippen LogP contribution in [0.2, 0.25) is 0 Å². The van der Waals surface area contributed by atoms with Gasteiger partial charge in [0.1, 0.15) is 5.75 Å². The van der Waals surface area contributed by atoms with Crippen LogP contribution in [-0.4, -0.2) is 44.9 Å². The van der Waals surface area contributed by atoms with Crippen molar-refractivity contribution in [2.24, 2.45) is 0 Å². The zero-order valence-electron chi connectivity index (χ0n) is 13.1. The molecule has 0 amide bonds. The molecular weight excluding hydrogens is 291 g/mol. The molecule has 0 aliphatic carbocycles. The first-order valence-corrected chi connectivity index (χ1v) is 7.33. The highest BCUT2D eigenvalue weighted by Crippen LogP contribution is 2.31. The number of alkyl halides is 1. The number of piperazine rings is 1. The van der Waals surface area contributed by atoms with Gasteiger partial charge in [-0.25, -0.2) is 0 Å². The third kappa shape index (κ3) is 4.31. The number of halogens is 2. The molecule has 21 heavy (non-hydrogen) atoms. The molecule has 0 unspecified atom stereocenters. The van der Waals surface area contributed by atoms with Crippen LogP contribution in [0.1, 0.15) is 29.2 Å². The fourth-order valence-corrected chi connectivity index (χ4v) is 3.16. The minimum atomic E-state index is -0.279. The summed E-state index contributed by atoms with van der Waals surface area (Å²) in [4.78, 5) is 2.39. The molecule has 1 aliphatic heterocycles. The molecule has 2 rings (SSSR count). The average molecular weight is 317 g/mol. The lowest BCUT2D eigenvalue weighted by Crippen LogP contribution is -2.45. The maximum absolute atomic E-state index is 13.0.